The standard InChI is InChI=1S/C18H28NO6P/c1-4-7-8-16(18(21)22)19-17(20)15-11-9-14(10-12-15)13-26(23,24-5-2)25-6-3/h9-12,16H,4-8,13H2,1-3H3,(H,19,20)(H,21,22)/t16-/m1/s1. The summed E-state index contributed by atoms with van der Waals surface area (Å²) in [5, 5.41) is 11.7. The second-order valence-electron chi connectivity index (χ2n) is 5.81. The number of carboxylic acids is 1. The van der Waals surface area contributed by atoms with Crippen LogP contribution in [0.5, 0.6) is 0 Å². The summed E-state index contributed by atoms with van der Waals surface area (Å²) >= 11 is 0. The Morgan fingerprint density at radius 2 is 1.69 bits per heavy atom. The van der Waals surface area contributed by atoms with Gasteiger partial charge < -0.3 is 19.5 Å². The van der Waals surface area contributed by atoms with Crippen molar-refractivity contribution in [2.24, 2.45) is 0 Å². The monoisotopic (exact) mass is 385 g/mol. The lowest BCUT2D eigenvalue weighted by Crippen LogP contribution is -2.40. The van der Waals surface area contributed by atoms with E-state index >= 15 is 0 Å². The number of benzene rings is 1. The molecule has 8 heteroatoms. The molecule has 1 aromatic rings. The predicted octanol–water partition coefficient (Wildman–Crippen LogP) is 3.83. The lowest BCUT2D eigenvalue weighted by molar-refractivity contribution is -0.139. The highest BCUT2D eigenvalue weighted by Crippen LogP contribution is 2.51. The number of rotatable bonds is 12. The number of aliphatic carboxylic acids is 1. The topological polar surface area (TPSA) is 102 Å². The Kier molecular flexibility index (Phi) is 9.55. The van der Waals surface area contributed by atoms with Gasteiger partial charge in [0.15, 0.2) is 0 Å². The van der Waals surface area contributed by atoms with E-state index in [1.807, 2.05) is 6.92 Å². The Hall–Kier alpha value is -1.69. The molecule has 7 nitrogen and oxygen atoms in total. The van der Waals surface area contributed by atoms with E-state index in [-0.39, 0.29) is 19.4 Å². The van der Waals surface area contributed by atoms with Gasteiger partial charge in [-0.15, -0.1) is 0 Å². The normalized spacial score (nSPS) is 12.6. The van der Waals surface area contributed by atoms with Crippen LogP contribution < -0.4 is 5.32 Å². The lowest BCUT2D eigenvalue weighted by atomic mass is 10.1. The van der Waals surface area contributed by atoms with E-state index < -0.39 is 25.5 Å². The third-order valence-corrected chi connectivity index (χ3v) is 5.75. The van der Waals surface area contributed by atoms with Crippen molar-refractivity contribution in [2.75, 3.05) is 13.2 Å². The summed E-state index contributed by atoms with van der Waals surface area (Å²) in [4.78, 5) is 23.5. The number of unbranched alkanes of at least 4 members (excludes halogenated alkanes) is 1. The number of hydrogen-bond acceptors (Lipinski definition) is 5. The van der Waals surface area contributed by atoms with Crippen molar-refractivity contribution in [1.82, 2.24) is 5.32 Å². The highest BCUT2D eigenvalue weighted by atomic mass is 31.2. The summed E-state index contributed by atoms with van der Waals surface area (Å²) in [6, 6.07) is 5.58. The zero-order valence-corrected chi connectivity index (χ0v) is 16.5. The van der Waals surface area contributed by atoms with Crippen LogP contribution in [0.2, 0.25) is 0 Å². The molecule has 0 fully saturated rings. The summed E-state index contributed by atoms with van der Waals surface area (Å²) in [6.07, 6.45) is 2.08. The van der Waals surface area contributed by atoms with E-state index in [9.17, 15) is 19.3 Å². The fraction of sp³-hybridized carbons (Fsp3) is 0.556. The molecule has 1 atom stereocenters. The van der Waals surface area contributed by atoms with Crippen LogP contribution in [0.3, 0.4) is 0 Å². The Labute approximate surface area is 154 Å². The number of hydrogen-bond donors (Lipinski definition) is 2. The quantitative estimate of drug-likeness (QED) is 0.530. The van der Waals surface area contributed by atoms with Crippen LogP contribution in [-0.2, 0) is 24.6 Å². The predicted molar refractivity (Wildman–Crippen MR) is 99.4 cm³/mol. The molecule has 0 aliphatic heterocycles. The summed E-state index contributed by atoms with van der Waals surface area (Å²) in [5.74, 6) is -1.49. The van der Waals surface area contributed by atoms with Gasteiger partial charge in [0, 0.05) is 5.56 Å². The van der Waals surface area contributed by atoms with Crippen LogP contribution in [0.4, 0.5) is 0 Å². The molecule has 146 valence electrons. The third-order valence-electron chi connectivity index (χ3n) is 3.69. The van der Waals surface area contributed by atoms with E-state index in [4.69, 9.17) is 9.05 Å². The maximum Gasteiger partial charge on any atom is 0.335 e. The van der Waals surface area contributed by atoms with Crippen LogP contribution in [0.25, 0.3) is 0 Å². The first-order valence-corrected chi connectivity index (χ1v) is 10.6. The molecule has 0 saturated carbocycles. The first-order chi connectivity index (χ1) is 12.3. The third kappa shape index (κ3) is 7.28. The van der Waals surface area contributed by atoms with Gasteiger partial charge in [-0.2, -0.15) is 0 Å². The molecule has 2 N–H and O–H groups in total. The van der Waals surface area contributed by atoms with Crippen molar-refractivity contribution < 1.29 is 28.3 Å². The first-order valence-electron chi connectivity index (χ1n) is 8.85. The molecule has 0 bridgehead atoms. The van der Waals surface area contributed by atoms with Gasteiger partial charge in [-0.1, -0.05) is 31.9 Å². The maximum absolute atomic E-state index is 12.5. The van der Waals surface area contributed by atoms with Crippen molar-refractivity contribution in [3.8, 4) is 0 Å². The minimum Gasteiger partial charge on any atom is -0.480 e. The molecule has 0 radical (unpaired) electrons. The molecule has 0 heterocycles. The van der Waals surface area contributed by atoms with Crippen LogP contribution in [-0.4, -0.2) is 36.2 Å². The highest BCUT2D eigenvalue weighted by molar-refractivity contribution is 7.53. The average Bonchev–Trinajstić information content (AvgIpc) is 2.59. The van der Waals surface area contributed by atoms with Crippen molar-refractivity contribution in [3.05, 3.63) is 35.4 Å². The number of carbonyl (C=O) groups is 2. The molecule has 0 unspecified atom stereocenters. The van der Waals surface area contributed by atoms with Crippen molar-refractivity contribution >= 4 is 19.5 Å². The molecule has 1 aromatic carbocycles. The van der Waals surface area contributed by atoms with Crippen LogP contribution in [0, 0.1) is 0 Å². The SMILES string of the molecule is CCCC[C@@H](NC(=O)c1ccc(CP(=O)(OCC)OCC)cc1)C(=O)O. The summed E-state index contributed by atoms with van der Waals surface area (Å²) in [7, 11) is -3.21. The second kappa shape index (κ2) is 11.1. The fourth-order valence-corrected chi connectivity index (χ4v) is 4.12. The van der Waals surface area contributed by atoms with Gasteiger partial charge >= 0.3 is 13.6 Å². The molecule has 0 aliphatic carbocycles. The van der Waals surface area contributed by atoms with Gasteiger partial charge in [-0.25, -0.2) is 4.79 Å². The Bertz CT molecular complexity index is 621. The van der Waals surface area contributed by atoms with E-state index in [0.29, 0.717) is 17.5 Å². The van der Waals surface area contributed by atoms with Crippen LogP contribution >= 0.6 is 7.60 Å². The number of nitrogens with one attached hydrogen (secondary N) is 1. The van der Waals surface area contributed by atoms with Gasteiger partial charge in [0.2, 0.25) is 0 Å². The lowest BCUT2D eigenvalue weighted by Gasteiger charge is -2.17. The Balaban J connectivity index is 2.77. The highest BCUT2D eigenvalue weighted by Gasteiger charge is 2.24. The minimum absolute atomic E-state index is 0.116. The van der Waals surface area contributed by atoms with Crippen molar-refractivity contribution in [3.63, 3.8) is 0 Å². The van der Waals surface area contributed by atoms with Gasteiger partial charge in [0.05, 0.1) is 19.4 Å². The van der Waals surface area contributed by atoms with Gasteiger partial charge in [-0.05, 0) is 38.0 Å². The largest absolute Gasteiger partial charge is 0.480 e. The zero-order chi connectivity index (χ0) is 19.6. The van der Waals surface area contributed by atoms with Crippen LogP contribution in [0.1, 0.15) is 56.0 Å². The molecular weight excluding hydrogens is 357 g/mol. The first kappa shape index (κ1) is 22.4. The second-order valence-corrected chi connectivity index (χ2v) is 7.86. The molecule has 0 aliphatic rings. The Morgan fingerprint density at radius 1 is 1.12 bits per heavy atom. The maximum atomic E-state index is 12.5. The fourth-order valence-electron chi connectivity index (χ4n) is 2.41. The number of carboxylic acid groups (broad SMARTS) is 1. The van der Waals surface area contributed by atoms with Gasteiger partial charge in [0.1, 0.15) is 6.04 Å². The van der Waals surface area contributed by atoms with Gasteiger partial charge in [0.25, 0.3) is 5.91 Å². The van der Waals surface area contributed by atoms with E-state index in [2.05, 4.69) is 5.32 Å². The van der Waals surface area contributed by atoms with Crippen LogP contribution in [0.15, 0.2) is 24.3 Å². The number of amides is 1. The minimum atomic E-state index is -3.21. The summed E-state index contributed by atoms with van der Waals surface area (Å²) < 4.78 is 23.0. The van der Waals surface area contributed by atoms with Gasteiger partial charge in [-0.3, -0.25) is 9.36 Å². The summed E-state index contributed by atoms with van der Waals surface area (Å²) in [5.41, 5.74) is 1.06. The molecule has 26 heavy (non-hydrogen) atoms. The Morgan fingerprint density at radius 3 is 2.15 bits per heavy atom. The number of carbonyl (C=O) groups excluding carboxylic acids is 1. The molecule has 0 spiro atoms. The van der Waals surface area contributed by atoms with Crippen molar-refractivity contribution in [1.29, 1.82) is 0 Å². The summed E-state index contributed by atoms with van der Waals surface area (Å²) in [6.45, 7) is 6.02. The van der Waals surface area contributed by atoms with E-state index in [1.165, 1.54) is 0 Å². The smallest absolute Gasteiger partial charge is 0.335 e. The molecule has 0 aromatic heterocycles. The zero-order valence-electron chi connectivity index (χ0n) is 15.6. The van der Waals surface area contributed by atoms with Crippen molar-refractivity contribution in [2.45, 2.75) is 52.2 Å². The van der Waals surface area contributed by atoms with E-state index in [1.54, 1.807) is 38.1 Å². The molecule has 0 saturated heterocycles. The molecule has 1 rings (SSSR count). The van der Waals surface area contributed by atoms with E-state index in [0.717, 1.165) is 12.8 Å². The molecule has 1 amide bonds. The molecular formula is C18H28NO6P. The average molecular weight is 385 g/mol.